The maximum atomic E-state index is 10.7. The van der Waals surface area contributed by atoms with E-state index in [1.54, 1.807) is 11.3 Å². The third-order valence-electron chi connectivity index (χ3n) is 5.78. The largest absolute Gasteiger partial charge is 0.481 e. The predicted octanol–water partition coefficient (Wildman–Crippen LogP) is 3.29. The van der Waals surface area contributed by atoms with E-state index in [4.69, 9.17) is 5.11 Å². The van der Waals surface area contributed by atoms with Gasteiger partial charge in [-0.2, -0.15) is 0 Å². The maximum absolute atomic E-state index is 10.7. The van der Waals surface area contributed by atoms with Crippen molar-refractivity contribution in [3.8, 4) is 0 Å². The molecule has 21 heavy (non-hydrogen) atoms. The first kappa shape index (κ1) is 13.8. The lowest BCUT2D eigenvalue weighted by Gasteiger charge is -2.54. The molecule has 4 saturated carbocycles. The van der Waals surface area contributed by atoms with Gasteiger partial charge in [0.2, 0.25) is 0 Å². The molecule has 4 bridgehead atoms. The van der Waals surface area contributed by atoms with Crippen molar-refractivity contribution in [2.45, 2.75) is 51.1 Å². The molecule has 5 rings (SSSR count). The average molecular weight is 305 g/mol. The lowest BCUT2D eigenvalue weighted by molar-refractivity contribution is -0.136. The molecule has 0 spiro atoms. The molecule has 4 heteroatoms. The summed E-state index contributed by atoms with van der Waals surface area (Å²) in [6, 6.07) is 4.77. The molecule has 4 fully saturated rings. The van der Waals surface area contributed by atoms with Crippen molar-refractivity contribution in [1.82, 2.24) is 5.32 Å². The quantitative estimate of drug-likeness (QED) is 0.877. The Kier molecular flexibility index (Phi) is 3.54. The molecule has 0 amide bonds. The summed E-state index contributed by atoms with van der Waals surface area (Å²) in [7, 11) is 0. The fraction of sp³-hybridized carbons (Fsp3) is 0.706. The zero-order valence-electron chi connectivity index (χ0n) is 12.3. The lowest BCUT2D eigenvalue weighted by Crippen LogP contribution is -2.54. The highest BCUT2D eigenvalue weighted by atomic mass is 32.1. The summed E-state index contributed by atoms with van der Waals surface area (Å²) < 4.78 is 0. The Bertz CT molecular complexity index is 511. The van der Waals surface area contributed by atoms with E-state index in [1.807, 2.05) is 6.07 Å². The topological polar surface area (TPSA) is 49.3 Å². The summed E-state index contributed by atoms with van der Waals surface area (Å²) in [5.74, 6) is 3.11. The van der Waals surface area contributed by atoms with Crippen molar-refractivity contribution < 1.29 is 9.90 Å². The molecule has 0 radical (unpaired) electrons. The Morgan fingerprint density at radius 1 is 1.10 bits per heavy atom. The summed E-state index contributed by atoms with van der Waals surface area (Å²) in [5.41, 5.74) is 0. The van der Waals surface area contributed by atoms with Gasteiger partial charge < -0.3 is 10.4 Å². The molecule has 0 atom stereocenters. The molecule has 3 nitrogen and oxygen atoms in total. The number of carbonyl (C=O) groups is 1. The van der Waals surface area contributed by atoms with Crippen molar-refractivity contribution in [3.63, 3.8) is 0 Å². The lowest BCUT2D eigenvalue weighted by atomic mass is 9.54. The van der Waals surface area contributed by atoms with Crippen LogP contribution in [0.4, 0.5) is 0 Å². The van der Waals surface area contributed by atoms with Gasteiger partial charge in [-0.25, -0.2) is 0 Å². The van der Waals surface area contributed by atoms with Crippen molar-refractivity contribution >= 4 is 17.3 Å². The standard InChI is InChI=1S/C17H23NO2S/c19-16(20)8-14-1-2-15(21-14)9-18-17-12-4-10-3-11(6-12)7-13(17)5-10/h1-2,10-13,17-18H,3-9H2,(H,19,20). The van der Waals surface area contributed by atoms with Gasteiger partial charge in [-0.15, -0.1) is 11.3 Å². The highest BCUT2D eigenvalue weighted by Crippen LogP contribution is 2.53. The molecule has 1 aromatic heterocycles. The highest BCUT2D eigenvalue weighted by Gasteiger charge is 2.47. The second-order valence-corrected chi connectivity index (χ2v) is 8.53. The maximum Gasteiger partial charge on any atom is 0.308 e. The monoisotopic (exact) mass is 305 g/mol. The minimum atomic E-state index is -0.739. The Morgan fingerprint density at radius 2 is 1.71 bits per heavy atom. The van der Waals surface area contributed by atoms with Crippen LogP contribution in [0.15, 0.2) is 12.1 Å². The molecule has 0 unspecified atom stereocenters. The smallest absolute Gasteiger partial charge is 0.308 e. The molecule has 1 aromatic rings. The van der Waals surface area contributed by atoms with Crippen LogP contribution in [0.5, 0.6) is 0 Å². The first-order valence-electron chi connectivity index (χ1n) is 8.20. The van der Waals surface area contributed by atoms with Crippen molar-refractivity contribution in [1.29, 1.82) is 0 Å². The van der Waals surface area contributed by atoms with Gasteiger partial charge in [0.1, 0.15) is 0 Å². The van der Waals surface area contributed by atoms with E-state index in [2.05, 4.69) is 11.4 Å². The van der Waals surface area contributed by atoms with Gasteiger partial charge >= 0.3 is 5.97 Å². The van der Waals surface area contributed by atoms with Gasteiger partial charge in [-0.1, -0.05) is 0 Å². The predicted molar refractivity (Wildman–Crippen MR) is 83.3 cm³/mol. The number of hydrogen-bond donors (Lipinski definition) is 2. The minimum Gasteiger partial charge on any atom is -0.481 e. The van der Waals surface area contributed by atoms with E-state index in [1.165, 1.54) is 37.0 Å². The summed E-state index contributed by atoms with van der Waals surface area (Å²) in [6.45, 7) is 0.914. The molecule has 4 aliphatic rings. The molecule has 114 valence electrons. The zero-order chi connectivity index (χ0) is 14.4. The summed E-state index contributed by atoms with van der Waals surface area (Å²) >= 11 is 1.64. The molecule has 0 aromatic carbocycles. The van der Waals surface area contributed by atoms with E-state index in [0.29, 0.717) is 6.04 Å². The van der Waals surface area contributed by atoms with Crippen LogP contribution in [0, 0.1) is 23.7 Å². The normalized spacial score (nSPS) is 37.0. The number of nitrogens with one attached hydrogen (secondary N) is 1. The van der Waals surface area contributed by atoms with Crippen LogP contribution < -0.4 is 5.32 Å². The molecule has 0 saturated heterocycles. The van der Waals surface area contributed by atoms with Crippen LogP contribution in [-0.2, 0) is 17.8 Å². The third kappa shape index (κ3) is 2.76. The van der Waals surface area contributed by atoms with Crippen LogP contribution in [0.25, 0.3) is 0 Å². The van der Waals surface area contributed by atoms with E-state index in [9.17, 15) is 4.79 Å². The van der Waals surface area contributed by atoms with Crippen molar-refractivity contribution in [3.05, 3.63) is 21.9 Å². The van der Waals surface area contributed by atoms with Gasteiger partial charge in [0.15, 0.2) is 0 Å². The fourth-order valence-electron chi connectivity index (χ4n) is 5.24. The first-order valence-corrected chi connectivity index (χ1v) is 9.02. The second-order valence-electron chi connectivity index (χ2n) is 7.28. The number of hydrogen-bond acceptors (Lipinski definition) is 3. The fourth-order valence-corrected chi connectivity index (χ4v) is 6.20. The third-order valence-corrected chi connectivity index (χ3v) is 6.87. The van der Waals surface area contributed by atoms with Crippen LogP contribution in [0.3, 0.4) is 0 Å². The van der Waals surface area contributed by atoms with Gasteiger partial charge in [0, 0.05) is 22.3 Å². The Hall–Kier alpha value is -0.870. The molecule has 1 heterocycles. The Morgan fingerprint density at radius 3 is 2.33 bits per heavy atom. The van der Waals surface area contributed by atoms with Crippen LogP contribution in [0.1, 0.15) is 41.9 Å². The molecule has 4 aliphatic carbocycles. The minimum absolute atomic E-state index is 0.155. The first-order chi connectivity index (χ1) is 10.2. The van der Waals surface area contributed by atoms with Gasteiger partial charge in [0.25, 0.3) is 0 Å². The van der Waals surface area contributed by atoms with Crippen LogP contribution >= 0.6 is 11.3 Å². The molecular formula is C17H23NO2S. The number of rotatable bonds is 5. The van der Waals surface area contributed by atoms with Crippen LogP contribution in [0.2, 0.25) is 0 Å². The van der Waals surface area contributed by atoms with E-state index in [0.717, 1.165) is 35.1 Å². The van der Waals surface area contributed by atoms with E-state index < -0.39 is 5.97 Å². The Balaban J connectivity index is 1.36. The number of aliphatic carboxylic acids is 1. The van der Waals surface area contributed by atoms with Crippen molar-refractivity contribution in [2.75, 3.05) is 0 Å². The number of thiophene rings is 1. The second kappa shape index (κ2) is 5.40. The Labute approximate surface area is 129 Å². The molecular weight excluding hydrogens is 282 g/mol. The molecule has 0 aliphatic heterocycles. The van der Waals surface area contributed by atoms with Gasteiger partial charge in [-0.3, -0.25) is 4.79 Å². The van der Waals surface area contributed by atoms with E-state index in [-0.39, 0.29) is 6.42 Å². The number of carboxylic acid groups (broad SMARTS) is 1. The van der Waals surface area contributed by atoms with Gasteiger partial charge in [0.05, 0.1) is 6.42 Å². The van der Waals surface area contributed by atoms with Crippen LogP contribution in [-0.4, -0.2) is 17.1 Å². The zero-order valence-corrected chi connectivity index (χ0v) is 13.1. The van der Waals surface area contributed by atoms with Gasteiger partial charge in [-0.05, 0) is 67.9 Å². The average Bonchev–Trinajstić information content (AvgIpc) is 2.84. The summed E-state index contributed by atoms with van der Waals surface area (Å²) in [5, 5.41) is 12.6. The summed E-state index contributed by atoms with van der Waals surface area (Å²) in [4.78, 5) is 13.0. The highest BCUT2D eigenvalue weighted by molar-refractivity contribution is 7.12. The van der Waals surface area contributed by atoms with E-state index >= 15 is 0 Å². The van der Waals surface area contributed by atoms with Crippen molar-refractivity contribution in [2.24, 2.45) is 23.7 Å². The number of carboxylic acids is 1. The summed E-state index contributed by atoms with van der Waals surface area (Å²) in [6.07, 6.45) is 7.43. The molecule has 2 N–H and O–H groups in total. The SMILES string of the molecule is O=C(O)Cc1ccc(CNC2C3CC4CC(C3)CC2C4)s1.